The van der Waals surface area contributed by atoms with Gasteiger partial charge in [0.2, 0.25) is 10.0 Å². The number of sulfonamides is 1. The number of halogens is 5. The third kappa shape index (κ3) is 4.47. The van der Waals surface area contributed by atoms with E-state index in [1.165, 1.54) is 10.4 Å². The van der Waals surface area contributed by atoms with Crippen LogP contribution < -0.4 is 0 Å². The van der Waals surface area contributed by atoms with Crippen molar-refractivity contribution in [3.05, 3.63) is 77.9 Å². The summed E-state index contributed by atoms with van der Waals surface area (Å²) in [6, 6.07) is 4.81. The quantitative estimate of drug-likeness (QED) is 0.387. The summed E-state index contributed by atoms with van der Waals surface area (Å²) in [5.41, 5.74) is -1.46. The second-order valence-corrected chi connectivity index (χ2v) is 13.5. The first-order valence-corrected chi connectivity index (χ1v) is 14.3. The van der Waals surface area contributed by atoms with Gasteiger partial charge < -0.3 is 0 Å². The monoisotopic (exact) mass is 549 g/mol. The summed E-state index contributed by atoms with van der Waals surface area (Å²) < 4.78 is 121. The van der Waals surface area contributed by atoms with Gasteiger partial charge in [-0.1, -0.05) is 6.08 Å². The fourth-order valence-electron chi connectivity index (χ4n) is 5.48. The lowest BCUT2D eigenvalue weighted by Gasteiger charge is -2.49. The average Bonchev–Trinajstić information content (AvgIpc) is 2.81. The molecule has 0 radical (unpaired) electrons. The minimum atomic E-state index is -4.69. The molecule has 1 heterocycles. The molecule has 1 saturated carbocycles. The van der Waals surface area contributed by atoms with Crippen LogP contribution in [0.3, 0.4) is 0 Å². The van der Waals surface area contributed by atoms with Gasteiger partial charge in [0, 0.05) is 18.2 Å². The molecule has 0 aromatic heterocycles. The molecule has 3 unspecified atom stereocenters. The van der Waals surface area contributed by atoms with Crippen LogP contribution in [-0.2, 0) is 30.8 Å². The molecule has 1 aliphatic carbocycles. The van der Waals surface area contributed by atoms with Gasteiger partial charge in [0.25, 0.3) is 0 Å². The highest BCUT2D eigenvalue weighted by Gasteiger charge is 2.55. The van der Waals surface area contributed by atoms with Crippen LogP contribution in [0, 0.1) is 17.6 Å². The highest BCUT2D eigenvalue weighted by Crippen LogP contribution is 2.52. The molecule has 0 N–H and O–H groups in total. The van der Waals surface area contributed by atoms with Gasteiger partial charge in [0.05, 0.1) is 16.2 Å². The molecule has 4 rings (SSSR count). The molecule has 12 heteroatoms. The second kappa shape index (κ2) is 9.21. The van der Waals surface area contributed by atoms with Crippen LogP contribution in [0.5, 0.6) is 0 Å². The van der Waals surface area contributed by atoms with Gasteiger partial charge in [-0.25, -0.2) is 25.6 Å². The first-order chi connectivity index (χ1) is 16.7. The standard InChI is InChI=1S/C24H24F5NO4S2/c1-2-12-30-22-9-11-23(15-16(22)10-13-35(30,31)32,20-14-18(25)5-8-21(20)26)36(33,34)19-6-3-17(4-7-19)24(27,28)29/h2-8,14,16,22H,1,9-13,15H2. The Morgan fingerprint density at radius 1 is 1.08 bits per heavy atom. The van der Waals surface area contributed by atoms with E-state index in [2.05, 4.69) is 6.58 Å². The van der Waals surface area contributed by atoms with E-state index in [1.54, 1.807) is 0 Å². The second-order valence-electron chi connectivity index (χ2n) is 9.18. The maximum Gasteiger partial charge on any atom is 0.416 e. The van der Waals surface area contributed by atoms with E-state index >= 15 is 4.39 Å². The topological polar surface area (TPSA) is 71.5 Å². The van der Waals surface area contributed by atoms with Gasteiger partial charge in [-0.05, 0) is 74.1 Å². The number of fused-ring (bicyclic) bond motifs is 1. The Morgan fingerprint density at radius 3 is 2.36 bits per heavy atom. The van der Waals surface area contributed by atoms with E-state index in [9.17, 15) is 34.4 Å². The molecule has 0 bridgehead atoms. The lowest BCUT2D eigenvalue weighted by atomic mass is 9.73. The fraction of sp³-hybridized carbons (Fsp3) is 0.417. The summed E-state index contributed by atoms with van der Waals surface area (Å²) in [6.07, 6.45) is -3.58. The zero-order valence-corrected chi connectivity index (χ0v) is 20.6. The van der Waals surface area contributed by atoms with Crippen LogP contribution in [0.4, 0.5) is 22.0 Å². The molecule has 1 aliphatic heterocycles. The molecule has 1 saturated heterocycles. The third-order valence-corrected chi connectivity index (χ3v) is 11.6. The van der Waals surface area contributed by atoms with Gasteiger partial charge in [-0.15, -0.1) is 6.58 Å². The van der Waals surface area contributed by atoms with E-state index in [0.29, 0.717) is 12.1 Å². The molecule has 0 spiro atoms. The molecular formula is C24H24F5NO4S2. The molecule has 2 aromatic carbocycles. The van der Waals surface area contributed by atoms with Crippen LogP contribution >= 0.6 is 0 Å². The number of nitrogens with zero attached hydrogens (tertiary/aromatic N) is 1. The summed E-state index contributed by atoms with van der Waals surface area (Å²) in [5, 5.41) is 0. The van der Waals surface area contributed by atoms with Crippen LogP contribution in [0.15, 0.2) is 60.0 Å². The van der Waals surface area contributed by atoms with Crippen molar-refractivity contribution in [1.29, 1.82) is 0 Å². The minimum absolute atomic E-state index is 0.0243. The van der Waals surface area contributed by atoms with Crippen molar-refractivity contribution in [1.82, 2.24) is 4.31 Å². The Hall–Kier alpha value is -2.31. The molecule has 2 fully saturated rings. The third-order valence-electron chi connectivity index (χ3n) is 7.19. The molecule has 36 heavy (non-hydrogen) atoms. The lowest BCUT2D eigenvalue weighted by Crippen LogP contribution is -2.56. The number of benzene rings is 2. The predicted molar refractivity (Wildman–Crippen MR) is 123 cm³/mol. The minimum Gasteiger partial charge on any atom is -0.223 e. The molecule has 196 valence electrons. The number of sulfone groups is 1. The average molecular weight is 550 g/mol. The maximum atomic E-state index is 15.1. The molecule has 0 amide bonds. The van der Waals surface area contributed by atoms with Crippen LogP contribution in [-0.4, -0.2) is 39.5 Å². The van der Waals surface area contributed by atoms with Crippen molar-refractivity contribution < 1.29 is 38.8 Å². The van der Waals surface area contributed by atoms with E-state index < -0.39 is 70.4 Å². The van der Waals surface area contributed by atoms with Gasteiger partial charge in [0.15, 0.2) is 9.84 Å². The number of alkyl halides is 3. The van der Waals surface area contributed by atoms with Gasteiger partial charge in [-0.2, -0.15) is 17.5 Å². The van der Waals surface area contributed by atoms with E-state index in [-0.39, 0.29) is 38.0 Å². The zero-order valence-electron chi connectivity index (χ0n) is 19.0. The highest BCUT2D eigenvalue weighted by atomic mass is 32.2. The Labute approximate surface area is 206 Å². The van der Waals surface area contributed by atoms with Crippen molar-refractivity contribution in [3.63, 3.8) is 0 Å². The summed E-state index contributed by atoms with van der Waals surface area (Å²) >= 11 is 0. The predicted octanol–water partition coefficient (Wildman–Crippen LogP) is 5.04. The summed E-state index contributed by atoms with van der Waals surface area (Å²) in [6.45, 7) is 3.61. The molecule has 5 nitrogen and oxygen atoms in total. The Balaban J connectivity index is 1.85. The van der Waals surface area contributed by atoms with E-state index in [4.69, 9.17) is 0 Å². The van der Waals surface area contributed by atoms with Crippen LogP contribution in [0.25, 0.3) is 0 Å². The largest absolute Gasteiger partial charge is 0.416 e. The Morgan fingerprint density at radius 2 is 1.75 bits per heavy atom. The Bertz CT molecular complexity index is 1370. The van der Waals surface area contributed by atoms with Gasteiger partial charge in [0.1, 0.15) is 16.4 Å². The fourth-order valence-corrected chi connectivity index (χ4v) is 9.55. The summed E-state index contributed by atoms with van der Waals surface area (Å²) in [4.78, 5) is -0.455. The number of rotatable bonds is 5. The van der Waals surface area contributed by atoms with Crippen LogP contribution in [0.2, 0.25) is 0 Å². The smallest absolute Gasteiger partial charge is 0.223 e. The van der Waals surface area contributed by atoms with E-state index in [0.717, 1.165) is 30.3 Å². The SMILES string of the molecule is C=CCN1C2CCC(c3cc(F)ccc3F)(S(=O)(=O)c3ccc(C(F)(F)F)cc3)CC2CCS1(=O)=O. The van der Waals surface area contributed by atoms with Crippen LogP contribution in [0.1, 0.15) is 36.8 Å². The van der Waals surface area contributed by atoms with Gasteiger partial charge >= 0.3 is 6.18 Å². The summed E-state index contributed by atoms with van der Waals surface area (Å²) in [7, 11) is -8.16. The van der Waals surface area contributed by atoms with Crippen molar-refractivity contribution in [2.75, 3.05) is 12.3 Å². The first kappa shape index (κ1) is 26.7. The highest BCUT2D eigenvalue weighted by molar-refractivity contribution is 7.92. The lowest BCUT2D eigenvalue weighted by molar-refractivity contribution is -0.137. The van der Waals surface area contributed by atoms with E-state index in [1.807, 2.05) is 0 Å². The zero-order chi connectivity index (χ0) is 26.5. The normalized spacial score (nSPS) is 26.8. The van der Waals surface area contributed by atoms with Crippen molar-refractivity contribution in [2.45, 2.75) is 47.5 Å². The maximum absolute atomic E-state index is 15.1. The Kier molecular flexibility index (Phi) is 6.85. The van der Waals surface area contributed by atoms with Crippen molar-refractivity contribution >= 4 is 19.9 Å². The molecule has 3 atom stereocenters. The summed E-state index contributed by atoms with van der Waals surface area (Å²) in [5.74, 6) is -2.58. The van der Waals surface area contributed by atoms with Crippen molar-refractivity contribution in [3.8, 4) is 0 Å². The number of hydrogen-bond acceptors (Lipinski definition) is 4. The molecular weight excluding hydrogens is 525 g/mol. The van der Waals surface area contributed by atoms with Gasteiger partial charge in [-0.3, -0.25) is 0 Å². The van der Waals surface area contributed by atoms with Crippen molar-refractivity contribution in [2.24, 2.45) is 5.92 Å². The number of hydrogen-bond donors (Lipinski definition) is 0. The molecule has 2 aromatic rings. The molecule has 2 aliphatic rings. The first-order valence-electron chi connectivity index (χ1n) is 11.2.